The highest BCUT2D eigenvalue weighted by Gasteiger charge is 2.69. The minimum Gasteiger partial charge on any atom is -0.479 e. The van der Waals surface area contributed by atoms with Crippen LogP contribution in [0.4, 0.5) is 4.79 Å². The zero-order valence-corrected chi connectivity index (χ0v) is 20.0. The van der Waals surface area contributed by atoms with Crippen LogP contribution in [0.1, 0.15) is 43.2 Å². The summed E-state index contributed by atoms with van der Waals surface area (Å²) < 4.78 is 10.9. The van der Waals surface area contributed by atoms with E-state index in [4.69, 9.17) is 9.47 Å². The Balaban J connectivity index is 1.14. The first-order chi connectivity index (χ1) is 16.8. The summed E-state index contributed by atoms with van der Waals surface area (Å²) in [6.45, 7) is 2.80. The smallest absolute Gasteiger partial charge is 0.407 e. The molecule has 2 amide bonds. The molecule has 2 heterocycles. The van der Waals surface area contributed by atoms with Gasteiger partial charge in [0.1, 0.15) is 18.2 Å². The summed E-state index contributed by atoms with van der Waals surface area (Å²) in [5, 5.41) is 12.4. The molecule has 6 rings (SSSR count). The Hall–Kier alpha value is -3.39. The van der Waals surface area contributed by atoms with Gasteiger partial charge in [0.2, 0.25) is 0 Å². The maximum absolute atomic E-state index is 13.1. The molecule has 8 heteroatoms. The van der Waals surface area contributed by atoms with Crippen LogP contribution in [0.25, 0.3) is 11.1 Å². The minimum atomic E-state index is -1.12. The van der Waals surface area contributed by atoms with Crippen LogP contribution in [-0.2, 0) is 19.1 Å². The van der Waals surface area contributed by atoms with Gasteiger partial charge in [-0.15, -0.1) is 0 Å². The number of fused-ring (bicyclic) bond motifs is 4. The number of nitrogens with one attached hydrogen (secondary N) is 1. The van der Waals surface area contributed by atoms with Gasteiger partial charge in [-0.3, -0.25) is 4.79 Å². The molecule has 2 aliphatic carbocycles. The summed E-state index contributed by atoms with van der Waals surface area (Å²) in [4.78, 5) is 38.8. The van der Waals surface area contributed by atoms with E-state index in [1.54, 1.807) is 0 Å². The van der Waals surface area contributed by atoms with Crippen molar-refractivity contribution in [2.24, 2.45) is 5.41 Å². The van der Waals surface area contributed by atoms with E-state index >= 15 is 0 Å². The maximum atomic E-state index is 13.1. The van der Waals surface area contributed by atoms with Crippen molar-refractivity contribution in [3.8, 4) is 11.1 Å². The number of methoxy groups -OCH3 is 1. The second kappa shape index (κ2) is 8.68. The third kappa shape index (κ3) is 3.86. The summed E-state index contributed by atoms with van der Waals surface area (Å²) in [6.07, 6.45) is -0.233. The zero-order chi connectivity index (χ0) is 24.8. The Morgan fingerprint density at radius 2 is 1.69 bits per heavy atom. The predicted molar refractivity (Wildman–Crippen MR) is 128 cm³/mol. The minimum absolute atomic E-state index is 0.0309. The Morgan fingerprint density at radius 1 is 1.09 bits per heavy atom. The molecule has 2 N–H and O–H groups in total. The highest BCUT2D eigenvalue weighted by Crippen LogP contribution is 2.59. The second-order valence-electron chi connectivity index (χ2n) is 10.2. The number of carbonyl (C=O) groups is 3. The fraction of sp³-hybridized carbons (Fsp3) is 0.444. The van der Waals surface area contributed by atoms with Crippen molar-refractivity contribution in [2.45, 2.75) is 43.7 Å². The van der Waals surface area contributed by atoms with Crippen molar-refractivity contribution in [1.82, 2.24) is 10.2 Å². The molecule has 1 unspecified atom stereocenters. The van der Waals surface area contributed by atoms with Crippen LogP contribution in [0, 0.1) is 5.41 Å². The number of carboxylic acid groups (broad SMARTS) is 1. The van der Waals surface area contributed by atoms with Crippen LogP contribution < -0.4 is 5.32 Å². The fourth-order valence-electron chi connectivity index (χ4n) is 6.22. The van der Waals surface area contributed by atoms with E-state index in [0.29, 0.717) is 19.4 Å². The summed E-state index contributed by atoms with van der Waals surface area (Å²) in [6, 6.07) is 16.3. The van der Waals surface area contributed by atoms with E-state index in [2.05, 4.69) is 29.6 Å². The Bertz CT molecular complexity index is 1130. The third-order valence-corrected chi connectivity index (χ3v) is 7.74. The van der Waals surface area contributed by atoms with E-state index < -0.39 is 23.7 Å². The average Bonchev–Trinajstić information content (AvgIpc) is 3.44. The summed E-state index contributed by atoms with van der Waals surface area (Å²) in [5.74, 6) is -1.34. The van der Waals surface area contributed by atoms with E-state index in [1.807, 2.05) is 31.2 Å². The lowest BCUT2D eigenvalue weighted by Crippen LogP contribution is -2.58. The van der Waals surface area contributed by atoms with Gasteiger partial charge in [0, 0.05) is 32.5 Å². The Morgan fingerprint density at radius 3 is 2.26 bits per heavy atom. The van der Waals surface area contributed by atoms with Crippen LogP contribution in [0.5, 0.6) is 0 Å². The molecular weight excluding hydrogens is 448 g/mol. The van der Waals surface area contributed by atoms with Gasteiger partial charge >= 0.3 is 12.1 Å². The van der Waals surface area contributed by atoms with Crippen LogP contribution in [0.3, 0.4) is 0 Å². The number of hydrogen-bond donors (Lipinski definition) is 2. The van der Waals surface area contributed by atoms with Crippen molar-refractivity contribution < 1.29 is 29.0 Å². The summed E-state index contributed by atoms with van der Waals surface area (Å²) in [7, 11) is 1.42. The lowest BCUT2D eigenvalue weighted by Gasteiger charge is -2.43. The molecule has 1 saturated carbocycles. The van der Waals surface area contributed by atoms with E-state index in [9.17, 15) is 19.5 Å². The molecule has 4 aliphatic rings. The van der Waals surface area contributed by atoms with E-state index in [1.165, 1.54) is 12.0 Å². The molecule has 1 atom stereocenters. The van der Waals surface area contributed by atoms with Crippen molar-refractivity contribution in [1.29, 1.82) is 0 Å². The van der Waals surface area contributed by atoms with E-state index in [0.717, 1.165) is 22.3 Å². The third-order valence-electron chi connectivity index (χ3n) is 7.74. The zero-order valence-electron chi connectivity index (χ0n) is 20.0. The normalized spacial score (nSPS) is 24.8. The first-order valence-electron chi connectivity index (χ1n) is 11.9. The molecule has 184 valence electrons. The second-order valence-corrected chi connectivity index (χ2v) is 10.2. The van der Waals surface area contributed by atoms with Crippen molar-refractivity contribution in [3.63, 3.8) is 0 Å². The number of ether oxygens (including phenoxy) is 2. The van der Waals surface area contributed by atoms with Crippen LogP contribution in [-0.4, -0.2) is 66.4 Å². The number of carboxylic acids is 1. The number of carbonyl (C=O) groups excluding carboxylic acids is 2. The number of hydrogen-bond acceptors (Lipinski definition) is 5. The molecule has 8 nitrogen and oxygen atoms in total. The Kier molecular flexibility index (Phi) is 5.79. The first kappa shape index (κ1) is 23.4. The number of rotatable bonds is 8. The monoisotopic (exact) mass is 478 g/mol. The van der Waals surface area contributed by atoms with Crippen molar-refractivity contribution in [2.75, 3.05) is 26.8 Å². The highest BCUT2D eigenvalue weighted by molar-refractivity contribution is 5.92. The molecule has 0 radical (unpaired) electrons. The van der Waals surface area contributed by atoms with Crippen LogP contribution in [0.2, 0.25) is 0 Å². The van der Waals surface area contributed by atoms with E-state index in [-0.39, 0.29) is 36.8 Å². The van der Waals surface area contributed by atoms with Crippen LogP contribution >= 0.6 is 0 Å². The molecular formula is C27H30N2O6. The van der Waals surface area contributed by atoms with Crippen molar-refractivity contribution in [3.05, 3.63) is 59.7 Å². The molecule has 2 saturated heterocycles. The number of amides is 2. The van der Waals surface area contributed by atoms with Gasteiger partial charge in [0.05, 0.1) is 0 Å². The largest absolute Gasteiger partial charge is 0.479 e. The molecule has 2 aromatic rings. The first-order valence-corrected chi connectivity index (χ1v) is 11.9. The molecule has 3 fully saturated rings. The molecule has 2 aromatic carbocycles. The lowest BCUT2D eigenvalue weighted by molar-refractivity contribution is -0.163. The number of alkyl carbamates (subject to hydrolysis) is 1. The fourth-order valence-corrected chi connectivity index (χ4v) is 6.22. The van der Waals surface area contributed by atoms with Crippen LogP contribution in [0.15, 0.2) is 48.5 Å². The van der Waals surface area contributed by atoms with Gasteiger partial charge in [-0.05, 0) is 40.5 Å². The number of aliphatic carboxylic acids is 1. The van der Waals surface area contributed by atoms with Crippen molar-refractivity contribution >= 4 is 18.0 Å². The van der Waals surface area contributed by atoms with Gasteiger partial charge in [0.25, 0.3) is 5.91 Å². The SMILES string of the molecule is COC(CCNC(=O)OCC1c2ccccc2-c2ccccc21)C(=O)N1CC2(C)CC1(C(=O)O)C2. The van der Waals surface area contributed by atoms with Gasteiger partial charge in [0.15, 0.2) is 0 Å². The van der Waals surface area contributed by atoms with Gasteiger partial charge in [-0.2, -0.15) is 0 Å². The average molecular weight is 479 g/mol. The number of nitrogens with zero attached hydrogens (tertiary/aromatic N) is 1. The van der Waals surface area contributed by atoms with Gasteiger partial charge < -0.3 is 24.8 Å². The summed E-state index contributed by atoms with van der Waals surface area (Å²) >= 11 is 0. The quantitative estimate of drug-likeness (QED) is 0.603. The molecule has 35 heavy (non-hydrogen) atoms. The van der Waals surface area contributed by atoms with Gasteiger partial charge in [-0.1, -0.05) is 55.5 Å². The maximum Gasteiger partial charge on any atom is 0.407 e. The Labute approximate surface area is 204 Å². The molecule has 2 aliphatic heterocycles. The molecule has 2 bridgehead atoms. The topological polar surface area (TPSA) is 105 Å². The molecule has 0 aromatic heterocycles. The van der Waals surface area contributed by atoms with Gasteiger partial charge in [-0.25, -0.2) is 9.59 Å². The lowest BCUT2D eigenvalue weighted by atomic mass is 9.63. The predicted octanol–water partition coefficient (Wildman–Crippen LogP) is 3.40. The molecule has 0 spiro atoms. The summed E-state index contributed by atoms with van der Waals surface area (Å²) in [5.41, 5.74) is 3.32. The number of benzene rings is 2. The standard InChI is InChI=1S/C27H30N2O6/c1-26-14-27(15-26,24(31)32)29(16-26)23(30)22(34-2)11-12-28-25(33)35-13-21-19-9-5-3-7-17(19)18-8-4-6-10-20(18)21/h3-10,21-22H,11-16H2,1-2H3,(H,28,33)(H,31,32). The highest BCUT2D eigenvalue weighted by atomic mass is 16.5.